The largest absolute Gasteiger partial charge is 0.463 e. The third-order valence-corrected chi connectivity index (χ3v) is 5.11. The van der Waals surface area contributed by atoms with Crippen molar-refractivity contribution in [1.82, 2.24) is 0 Å². The lowest BCUT2D eigenvalue weighted by Gasteiger charge is -2.43. The quantitative estimate of drug-likeness (QED) is 0.324. The highest BCUT2D eigenvalue weighted by Gasteiger charge is 2.46. The van der Waals surface area contributed by atoms with Crippen LogP contribution in [0.4, 0.5) is 0 Å². The molecule has 0 bridgehead atoms. The van der Waals surface area contributed by atoms with Crippen molar-refractivity contribution in [2.45, 2.75) is 49.4 Å². The Balaban J connectivity index is 2.26. The molecule has 1 aromatic rings. The van der Waals surface area contributed by atoms with E-state index in [0.29, 0.717) is 0 Å². The van der Waals surface area contributed by atoms with Gasteiger partial charge in [-0.1, -0.05) is 42.0 Å². The molecule has 1 saturated heterocycles. The van der Waals surface area contributed by atoms with Crippen molar-refractivity contribution < 1.29 is 23.8 Å². The van der Waals surface area contributed by atoms with Gasteiger partial charge in [-0.25, -0.2) is 0 Å². The summed E-state index contributed by atoms with van der Waals surface area (Å²) in [5, 5.41) is 3.87. The van der Waals surface area contributed by atoms with Gasteiger partial charge in [-0.05, 0) is 17.7 Å². The molecule has 5 atom stereocenters. The smallest absolute Gasteiger partial charge is 0.303 e. The van der Waals surface area contributed by atoms with Crippen molar-refractivity contribution in [3.05, 3.63) is 40.8 Å². The first kappa shape index (κ1) is 20.1. The number of hydrogen-bond acceptors (Lipinski definition) is 7. The van der Waals surface area contributed by atoms with E-state index in [1.807, 2.05) is 37.3 Å². The molecule has 0 spiro atoms. The first-order valence-electron chi connectivity index (χ1n) is 8.14. The van der Waals surface area contributed by atoms with Gasteiger partial charge in [0.05, 0.1) is 6.04 Å². The summed E-state index contributed by atoms with van der Waals surface area (Å²) in [6.45, 7) is 4.37. The van der Waals surface area contributed by atoms with Crippen LogP contribution in [0.2, 0.25) is 0 Å². The van der Waals surface area contributed by atoms with Crippen LogP contribution < -0.4 is 0 Å². The molecule has 140 valence electrons. The molecular formula is C17H21N3O5S. The van der Waals surface area contributed by atoms with E-state index < -0.39 is 35.6 Å². The average Bonchev–Trinajstić information content (AvgIpc) is 2.59. The van der Waals surface area contributed by atoms with Crippen LogP contribution in [0.1, 0.15) is 20.8 Å². The molecule has 0 aliphatic carbocycles. The van der Waals surface area contributed by atoms with Gasteiger partial charge in [0.2, 0.25) is 0 Å². The molecule has 1 heterocycles. The summed E-state index contributed by atoms with van der Waals surface area (Å²) < 4.78 is 16.5. The van der Waals surface area contributed by atoms with Crippen molar-refractivity contribution in [2.24, 2.45) is 11.0 Å². The van der Waals surface area contributed by atoms with Gasteiger partial charge in [-0.15, -0.1) is 0 Å². The third-order valence-electron chi connectivity index (χ3n) is 3.94. The second kappa shape index (κ2) is 9.47. The summed E-state index contributed by atoms with van der Waals surface area (Å²) in [6.07, 6.45) is -1.33. The molecular weight excluding hydrogens is 358 g/mol. The monoisotopic (exact) mass is 379 g/mol. The maximum Gasteiger partial charge on any atom is 0.303 e. The SMILES string of the molecule is CC(=O)OCC1OC(Sc2ccccc2)C(N=[N+]=[N-])C(C)C1OC(C)=O. The van der Waals surface area contributed by atoms with Crippen LogP contribution in [-0.4, -0.2) is 42.2 Å². The Morgan fingerprint density at radius 2 is 1.96 bits per heavy atom. The Morgan fingerprint density at radius 3 is 2.54 bits per heavy atom. The Bertz CT molecular complexity index is 680. The Hall–Kier alpha value is -2.22. The van der Waals surface area contributed by atoms with Crippen molar-refractivity contribution >= 4 is 23.7 Å². The molecule has 0 saturated carbocycles. The number of azide groups is 1. The second-order valence-electron chi connectivity index (χ2n) is 5.91. The van der Waals surface area contributed by atoms with Crippen molar-refractivity contribution in [3.8, 4) is 0 Å². The van der Waals surface area contributed by atoms with Gasteiger partial charge in [-0.2, -0.15) is 0 Å². The zero-order valence-electron chi connectivity index (χ0n) is 14.8. The topological polar surface area (TPSA) is 111 Å². The number of carbonyl (C=O) groups excluding carboxylic acids is 2. The average molecular weight is 379 g/mol. The Kier molecular flexibility index (Phi) is 7.32. The zero-order chi connectivity index (χ0) is 19.1. The van der Waals surface area contributed by atoms with Crippen LogP contribution in [0, 0.1) is 5.92 Å². The lowest BCUT2D eigenvalue weighted by molar-refractivity contribution is -0.184. The summed E-state index contributed by atoms with van der Waals surface area (Å²) in [4.78, 5) is 26.5. The summed E-state index contributed by atoms with van der Waals surface area (Å²) >= 11 is 1.41. The first-order valence-corrected chi connectivity index (χ1v) is 9.02. The first-order chi connectivity index (χ1) is 12.4. The Morgan fingerprint density at radius 1 is 1.27 bits per heavy atom. The molecule has 0 amide bonds. The minimum atomic E-state index is -0.685. The molecule has 9 heteroatoms. The van der Waals surface area contributed by atoms with E-state index in [2.05, 4.69) is 10.0 Å². The van der Waals surface area contributed by atoms with Crippen molar-refractivity contribution in [3.63, 3.8) is 0 Å². The molecule has 0 radical (unpaired) electrons. The number of ether oxygens (including phenoxy) is 3. The van der Waals surface area contributed by atoms with Gasteiger partial charge in [0.1, 0.15) is 24.3 Å². The van der Waals surface area contributed by atoms with Gasteiger partial charge >= 0.3 is 11.9 Å². The maximum absolute atomic E-state index is 11.5. The molecule has 1 aliphatic rings. The van der Waals surface area contributed by atoms with Gasteiger partial charge in [0.15, 0.2) is 0 Å². The summed E-state index contributed by atoms with van der Waals surface area (Å²) in [7, 11) is 0. The highest BCUT2D eigenvalue weighted by atomic mass is 32.2. The standard InChI is InChI=1S/C17H21N3O5S/c1-10-15(19-20-18)17(26-13-7-5-4-6-8-13)25-14(9-23-11(2)21)16(10)24-12(3)22/h4-8,10,14-17H,9H2,1-3H3. The van der Waals surface area contributed by atoms with Crippen LogP contribution in [0.3, 0.4) is 0 Å². The molecule has 0 aromatic heterocycles. The summed E-state index contributed by atoms with van der Waals surface area (Å²) in [5.41, 5.74) is 8.44. The highest BCUT2D eigenvalue weighted by Crippen LogP contribution is 2.38. The molecule has 0 N–H and O–H groups in total. The van der Waals surface area contributed by atoms with Crippen LogP contribution in [0.25, 0.3) is 10.4 Å². The van der Waals surface area contributed by atoms with E-state index in [4.69, 9.17) is 19.7 Å². The lowest BCUT2D eigenvalue weighted by atomic mass is 9.90. The number of carbonyl (C=O) groups is 2. The van der Waals surface area contributed by atoms with E-state index in [1.165, 1.54) is 25.6 Å². The summed E-state index contributed by atoms with van der Waals surface area (Å²) in [6, 6.07) is 8.99. The van der Waals surface area contributed by atoms with E-state index >= 15 is 0 Å². The van der Waals surface area contributed by atoms with Gasteiger partial charge in [0, 0.05) is 29.6 Å². The van der Waals surface area contributed by atoms with E-state index in [-0.39, 0.29) is 12.5 Å². The third kappa shape index (κ3) is 5.39. The predicted molar refractivity (Wildman–Crippen MR) is 95.2 cm³/mol. The van der Waals surface area contributed by atoms with Crippen LogP contribution in [-0.2, 0) is 23.8 Å². The molecule has 1 fully saturated rings. The highest BCUT2D eigenvalue weighted by molar-refractivity contribution is 7.99. The normalized spacial score (nSPS) is 27.9. The predicted octanol–water partition coefficient (Wildman–Crippen LogP) is 3.31. The number of thioether (sulfide) groups is 1. The molecule has 2 rings (SSSR count). The van der Waals surface area contributed by atoms with Gasteiger partial charge in [0.25, 0.3) is 0 Å². The molecule has 1 aliphatic heterocycles. The van der Waals surface area contributed by atoms with Crippen LogP contribution in [0.15, 0.2) is 40.3 Å². The zero-order valence-corrected chi connectivity index (χ0v) is 15.6. The number of hydrogen-bond donors (Lipinski definition) is 0. The molecule has 26 heavy (non-hydrogen) atoms. The van der Waals surface area contributed by atoms with Crippen molar-refractivity contribution in [2.75, 3.05) is 6.61 Å². The van der Waals surface area contributed by atoms with Gasteiger partial charge in [-0.3, -0.25) is 9.59 Å². The minimum Gasteiger partial charge on any atom is -0.463 e. The van der Waals surface area contributed by atoms with E-state index in [1.54, 1.807) is 0 Å². The number of rotatable bonds is 6. The van der Waals surface area contributed by atoms with Gasteiger partial charge < -0.3 is 14.2 Å². The van der Waals surface area contributed by atoms with Crippen LogP contribution in [0.5, 0.6) is 0 Å². The number of benzene rings is 1. The lowest BCUT2D eigenvalue weighted by Crippen LogP contribution is -2.54. The number of esters is 2. The van der Waals surface area contributed by atoms with Crippen LogP contribution >= 0.6 is 11.8 Å². The fourth-order valence-electron chi connectivity index (χ4n) is 2.77. The minimum absolute atomic E-state index is 0.0491. The number of nitrogens with zero attached hydrogens (tertiary/aromatic N) is 3. The van der Waals surface area contributed by atoms with Crippen molar-refractivity contribution in [1.29, 1.82) is 0 Å². The van der Waals surface area contributed by atoms with E-state index in [0.717, 1.165) is 4.90 Å². The maximum atomic E-state index is 11.5. The molecule has 5 unspecified atom stereocenters. The fraction of sp³-hybridized carbons (Fsp3) is 0.529. The van der Waals surface area contributed by atoms with E-state index in [9.17, 15) is 9.59 Å². The fourth-order valence-corrected chi connectivity index (χ4v) is 3.99. The Labute approximate surface area is 155 Å². The second-order valence-corrected chi connectivity index (χ2v) is 7.08. The molecule has 1 aromatic carbocycles. The molecule has 8 nitrogen and oxygen atoms in total. The summed E-state index contributed by atoms with van der Waals surface area (Å²) in [5.74, 6) is -1.25.